The lowest BCUT2D eigenvalue weighted by atomic mass is 9.95. The molecule has 2 nitrogen and oxygen atoms in total. The summed E-state index contributed by atoms with van der Waals surface area (Å²) in [5, 5.41) is 3.59. The summed E-state index contributed by atoms with van der Waals surface area (Å²) in [6.07, 6.45) is 4.43. The predicted octanol–water partition coefficient (Wildman–Crippen LogP) is 2.56. The second kappa shape index (κ2) is 4.36. The molecule has 2 heteroatoms. The van der Waals surface area contributed by atoms with Crippen LogP contribution in [-0.4, -0.2) is 24.5 Å². The Balaban J connectivity index is 1.59. The van der Waals surface area contributed by atoms with Crippen LogP contribution < -0.4 is 5.32 Å². The monoisotopic (exact) mass is 242 g/mol. The number of likely N-dealkylation sites (tertiary alicyclic amines) is 1. The highest BCUT2D eigenvalue weighted by atomic mass is 15.2. The molecule has 2 fully saturated rings. The Bertz CT molecular complexity index is 430. The molecular formula is C16H22N2. The van der Waals surface area contributed by atoms with Crippen LogP contribution in [0.5, 0.6) is 0 Å². The second-order valence-corrected chi connectivity index (χ2v) is 6.25. The number of fused-ring (bicyclic) bond motifs is 2. The fraction of sp³-hybridized carbons (Fsp3) is 0.625. The first-order valence-electron chi connectivity index (χ1n) is 7.44. The molecule has 1 aromatic carbocycles. The Hall–Kier alpha value is -0.860. The van der Waals surface area contributed by atoms with Crippen molar-refractivity contribution in [2.24, 2.45) is 11.8 Å². The molecule has 3 atom stereocenters. The van der Waals surface area contributed by atoms with Crippen LogP contribution >= 0.6 is 0 Å². The molecular weight excluding hydrogens is 220 g/mol. The first-order valence-corrected chi connectivity index (χ1v) is 7.44. The zero-order chi connectivity index (χ0) is 11.9. The fourth-order valence-corrected chi connectivity index (χ4v) is 4.33. The van der Waals surface area contributed by atoms with Crippen LogP contribution in [0, 0.1) is 11.8 Å². The van der Waals surface area contributed by atoms with Crippen LogP contribution in [0.15, 0.2) is 24.3 Å². The van der Waals surface area contributed by atoms with Crippen molar-refractivity contribution in [2.75, 3.05) is 19.6 Å². The van der Waals surface area contributed by atoms with Gasteiger partial charge in [-0.2, -0.15) is 0 Å². The van der Waals surface area contributed by atoms with Crippen LogP contribution in [-0.2, 0) is 6.54 Å². The van der Waals surface area contributed by atoms with Crippen molar-refractivity contribution in [2.45, 2.75) is 31.8 Å². The maximum atomic E-state index is 3.59. The molecule has 96 valence electrons. The van der Waals surface area contributed by atoms with Crippen molar-refractivity contribution >= 4 is 0 Å². The molecule has 1 N–H and O–H groups in total. The van der Waals surface area contributed by atoms with Crippen LogP contribution in [0.3, 0.4) is 0 Å². The molecule has 1 aliphatic carbocycles. The van der Waals surface area contributed by atoms with Gasteiger partial charge in [-0.3, -0.25) is 4.90 Å². The van der Waals surface area contributed by atoms with Crippen molar-refractivity contribution in [3.63, 3.8) is 0 Å². The lowest BCUT2D eigenvalue weighted by Crippen LogP contribution is -2.39. The van der Waals surface area contributed by atoms with Gasteiger partial charge >= 0.3 is 0 Å². The summed E-state index contributed by atoms with van der Waals surface area (Å²) >= 11 is 0. The van der Waals surface area contributed by atoms with E-state index in [9.17, 15) is 0 Å². The number of rotatable bonds is 1. The Morgan fingerprint density at radius 1 is 1.06 bits per heavy atom. The SMILES string of the molecule is c1ccc2c(c1)CNCC2N1CC2CCCC2C1. The average molecular weight is 242 g/mol. The molecule has 4 rings (SSSR count). The summed E-state index contributed by atoms with van der Waals surface area (Å²) < 4.78 is 0. The van der Waals surface area contributed by atoms with Crippen molar-refractivity contribution in [1.82, 2.24) is 10.2 Å². The first kappa shape index (κ1) is 11.0. The lowest BCUT2D eigenvalue weighted by molar-refractivity contribution is 0.212. The van der Waals surface area contributed by atoms with Gasteiger partial charge in [0.1, 0.15) is 0 Å². The van der Waals surface area contributed by atoms with Crippen LogP contribution in [0.4, 0.5) is 0 Å². The van der Waals surface area contributed by atoms with E-state index in [-0.39, 0.29) is 0 Å². The number of nitrogens with zero attached hydrogens (tertiary/aromatic N) is 1. The van der Waals surface area contributed by atoms with Gasteiger partial charge < -0.3 is 5.32 Å². The van der Waals surface area contributed by atoms with E-state index in [1.165, 1.54) is 37.9 Å². The van der Waals surface area contributed by atoms with Gasteiger partial charge in [0.25, 0.3) is 0 Å². The third-order valence-corrected chi connectivity index (χ3v) is 5.26. The molecule has 3 unspecified atom stereocenters. The summed E-state index contributed by atoms with van der Waals surface area (Å²) in [5.41, 5.74) is 3.09. The van der Waals surface area contributed by atoms with Gasteiger partial charge in [-0.05, 0) is 35.8 Å². The van der Waals surface area contributed by atoms with E-state index in [0.29, 0.717) is 6.04 Å². The third kappa shape index (κ3) is 1.70. The second-order valence-electron chi connectivity index (χ2n) is 6.25. The standard InChI is InChI=1S/C16H22N2/c1-2-7-15-12(4-1)8-17-9-16(15)18-10-13-5-3-6-14(13)11-18/h1-2,4,7,13-14,16-17H,3,5-6,8-11H2. The minimum atomic E-state index is 0.626. The zero-order valence-electron chi connectivity index (χ0n) is 10.9. The normalized spacial score (nSPS) is 35.4. The Morgan fingerprint density at radius 3 is 2.67 bits per heavy atom. The van der Waals surface area contributed by atoms with Gasteiger partial charge in [0.05, 0.1) is 0 Å². The van der Waals surface area contributed by atoms with Gasteiger partial charge in [0, 0.05) is 32.2 Å². The van der Waals surface area contributed by atoms with Crippen molar-refractivity contribution in [3.8, 4) is 0 Å². The minimum absolute atomic E-state index is 0.626. The van der Waals surface area contributed by atoms with Gasteiger partial charge in [0.2, 0.25) is 0 Å². The summed E-state index contributed by atoms with van der Waals surface area (Å²) in [4.78, 5) is 2.75. The largest absolute Gasteiger partial charge is 0.311 e. The smallest absolute Gasteiger partial charge is 0.0476 e. The molecule has 3 aliphatic rings. The number of nitrogens with one attached hydrogen (secondary N) is 1. The number of hydrogen-bond donors (Lipinski definition) is 1. The van der Waals surface area contributed by atoms with Gasteiger partial charge in [-0.15, -0.1) is 0 Å². The van der Waals surface area contributed by atoms with Crippen molar-refractivity contribution in [3.05, 3.63) is 35.4 Å². The third-order valence-electron chi connectivity index (χ3n) is 5.26. The highest BCUT2D eigenvalue weighted by molar-refractivity contribution is 5.32. The highest BCUT2D eigenvalue weighted by Gasteiger charge is 2.39. The van der Waals surface area contributed by atoms with E-state index in [1.807, 2.05) is 0 Å². The molecule has 0 radical (unpaired) electrons. The minimum Gasteiger partial charge on any atom is -0.311 e. The maximum absolute atomic E-state index is 3.59. The molecule has 0 bridgehead atoms. The quantitative estimate of drug-likeness (QED) is 0.814. The van der Waals surface area contributed by atoms with Crippen LogP contribution in [0.25, 0.3) is 0 Å². The average Bonchev–Trinajstić information content (AvgIpc) is 2.99. The van der Waals surface area contributed by atoms with E-state index in [4.69, 9.17) is 0 Å². The molecule has 18 heavy (non-hydrogen) atoms. The van der Waals surface area contributed by atoms with E-state index in [1.54, 1.807) is 5.56 Å². The first-order chi connectivity index (χ1) is 8.92. The number of benzene rings is 1. The van der Waals surface area contributed by atoms with E-state index in [0.717, 1.165) is 24.9 Å². The summed E-state index contributed by atoms with van der Waals surface area (Å²) in [7, 11) is 0. The van der Waals surface area contributed by atoms with Crippen LogP contribution in [0.1, 0.15) is 36.4 Å². The predicted molar refractivity (Wildman–Crippen MR) is 73.3 cm³/mol. The highest BCUT2D eigenvalue weighted by Crippen LogP contribution is 2.41. The number of hydrogen-bond acceptors (Lipinski definition) is 2. The van der Waals surface area contributed by atoms with Gasteiger partial charge in [0.15, 0.2) is 0 Å². The van der Waals surface area contributed by atoms with Crippen molar-refractivity contribution < 1.29 is 0 Å². The van der Waals surface area contributed by atoms with E-state index >= 15 is 0 Å². The fourth-order valence-electron chi connectivity index (χ4n) is 4.33. The molecule has 0 spiro atoms. The van der Waals surface area contributed by atoms with Gasteiger partial charge in [-0.25, -0.2) is 0 Å². The summed E-state index contributed by atoms with van der Waals surface area (Å²) in [5.74, 6) is 2.00. The molecule has 0 amide bonds. The lowest BCUT2D eigenvalue weighted by Gasteiger charge is -2.34. The van der Waals surface area contributed by atoms with E-state index < -0.39 is 0 Å². The molecule has 1 saturated carbocycles. The van der Waals surface area contributed by atoms with E-state index in [2.05, 4.69) is 34.5 Å². The molecule has 1 saturated heterocycles. The molecule has 2 heterocycles. The molecule has 0 aromatic heterocycles. The zero-order valence-corrected chi connectivity index (χ0v) is 10.9. The van der Waals surface area contributed by atoms with Gasteiger partial charge in [-0.1, -0.05) is 30.7 Å². The summed E-state index contributed by atoms with van der Waals surface area (Å²) in [6, 6.07) is 9.62. The Labute approximate surface area is 109 Å². The Kier molecular flexibility index (Phi) is 2.66. The summed E-state index contributed by atoms with van der Waals surface area (Å²) in [6.45, 7) is 4.86. The maximum Gasteiger partial charge on any atom is 0.0476 e. The molecule has 2 aliphatic heterocycles. The van der Waals surface area contributed by atoms with Crippen LogP contribution in [0.2, 0.25) is 0 Å². The topological polar surface area (TPSA) is 15.3 Å². The van der Waals surface area contributed by atoms with Crippen molar-refractivity contribution in [1.29, 1.82) is 0 Å². The molecule has 1 aromatic rings. The Morgan fingerprint density at radius 2 is 1.83 bits per heavy atom.